The standard InChI is InChI=1S/C15H29N3/c1-12(11-17-7-2-3-8-17)18-14-5-4-6-15(18)10-13(16)9-14/h12-15H,2-11,16H2,1H3. The summed E-state index contributed by atoms with van der Waals surface area (Å²) < 4.78 is 0. The molecule has 0 spiro atoms. The van der Waals surface area contributed by atoms with Gasteiger partial charge in [-0.2, -0.15) is 0 Å². The van der Waals surface area contributed by atoms with Gasteiger partial charge in [-0.15, -0.1) is 0 Å². The molecule has 3 atom stereocenters. The molecule has 18 heavy (non-hydrogen) atoms. The molecule has 3 heteroatoms. The van der Waals surface area contributed by atoms with Crippen LogP contribution in [0.3, 0.4) is 0 Å². The van der Waals surface area contributed by atoms with Crippen LogP contribution in [0.1, 0.15) is 51.9 Å². The third kappa shape index (κ3) is 2.59. The van der Waals surface area contributed by atoms with Gasteiger partial charge in [-0.1, -0.05) is 6.42 Å². The number of hydrogen-bond donors (Lipinski definition) is 1. The average Bonchev–Trinajstić information content (AvgIpc) is 2.80. The zero-order chi connectivity index (χ0) is 12.5. The van der Waals surface area contributed by atoms with E-state index in [-0.39, 0.29) is 0 Å². The van der Waals surface area contributed by atoms with E-state index < -0.39 is 0 Å². The number of hydrogen-bond acceptors (Lipinski definition) is 3. The Morgan fingerprint density at radius 1 is 1.06 bits per heavy atom. The van der Waals surface area contributed by atoms with Crippen molar-refractivity contribution < 1.29 is 0 Å². The molecule has 0 saturated carbocycles. The molecule has 0 aromatic carbocycles. The van der Waals surface area contributed by atoms with Gasteiger partial charge in [0.25, 0.3) is 0 Å². The molecule has 3 fully saturated rings. The fourth-order valence-corrected chi connectivity index (χ4v) is 4.61. The molecule has 3 saturated heterocycles. The Labute approximate surface area is 112 Å². The molecular formula is C15H29N3. The van der Waals surface area contributed by atoms with Crippen LogP contribution in [0, 0.1) is 0 Å². The lowest BCUT2D eigenvalue weighted by Crippen LogP contribution is -2.60. The molecule has 0 amide bonds. The van der Waals surface area contributed by atoms with Crippen LogP contribution in [-0.2, 0) is 0 Å². The van der Waals surface area contributed by atoms with Gasteiger partial charge in [-0.3, -0.25) is 4.90 Å². The van der Waals surface area contributed by atoms with Crippen LogP contribution in [-0.4, -0.2) is 53.6 Å². The summed E-state index contributed by atoms with van der Waals surface area (Å²) in [6.07, 6.45) is 9.48. The van der Waals surface area contributed by atoms with E-state index in [9.17, 15) is 0 Å². The minimum atomic E-state index is 0.468. The first-order valence-electron chi connectivity index (χ1n) is 7.99. The third-order valence-electron chi connectivity index (χ3n) is 5.30. The monoisotopic (exact) mass is 251 g/mol. The maximum Gasteiger partial charge on any atom is 0.0200 e. The smallest absolute Gasteiger partial charge is 0.0200 e. The highest BCUT2D eigenvalue weighted by molar-refractivity contribution is 4.96. The van der Waals surface area contributed by atoms with Crippen molar-refractivity contribution in [2.45, 2.75) is 76.0 Å². The van der Waals surface area contributed by atoms with Crippen molar-refractivity contribution in [3.8, 4) is 0 Å². The maximum absolute atomic E-state index is 6.21. The van der Waals surface area contributed by atoms with Crippen molar-refractivity contribution in [3.63, 3.8) is 0 Å². The fourth-order valence-electron chi connectivity index (χ4n) is 4.61. The molecule has 0 aromatic rings. The van der Waals surface area contributed by atoms with E-state index >= 15 is 0 Å². The first kappa shape index (κ1) is 12.9. The second-order valence-electron chi connectivity index (χ2n) is 6.77. The average molecular weight is 251 g/mol. The number of rotatable bonds is 3. The van der Waals surface area contributed by atoms with Gasteiger partial charge in [-0.05, 0) is 58.5 Å². The van der Waals surface area contributed by atoms with Gasteiger partial charge in [0.05, 0.1) is 0 Å². The largest absolute Gasteiger partial charge is 0.328 e. The van der Waals surface area contributed by atoms with Gasteiger partial charge < -0.3 is 10.6 Å². The highest BCUT2D eigenvalue weighted by Gasteiger charge is 2.39. The van der Waals surface area contributed by atoms with Crippen LogP contribution in [0.5, 0.6) is 0 Å². The van der Waals surface area contributed by atoms with E-state index in [4.69, 9.17) is 5.73 Å². The molecule has 3 aliphatic rings. The topological polar surface area (TPSA) is 32.5 Å². The van der Waals surface area contributed by atoms with E-state index in [0.717, 1.165) is 18.1 Å². The normalized spacial score (nSPS) is 40.0. The first-order valence-corrected chi connectivity index (χ1v) is 7.99. The summed E-state index contributed by atoms with van der Waals surface area (Å²) in [5.41, 5.74) is 6.21. The Morgan fingerprint density at radius 3 is 2.28 bits per heavy atom. The van der Waals surface area contributed by atoms with Crippen molar-refractivity contribution >= 4 is 0 Å². The molecule has 3 rings (SSSR count). The summed E-state index contributed by atoms with van der Waals surface area (Å²) in [5, 5.41) is 0. The third-order valence-corrected chi connectivity index (χ3v) is 5.30. The second-order valence-corrected chi connectivity index (χ2v) is 6.77. The summed E-state index contributed by atoms with van der Waals surface area (Å²) in [6, 6.07) is 2.76. The molecule has 0 radical (unpaired) electrons. The van der Waals surface area contributed by atoms with Crippen LogP contribution in [0.2, 0.25) is 0 Å². The second kappa shape index (κ2) is 5.48. The Hall–Kier alpha value is -0.120. The quantitative estimate of drug-likeness (QED) is 0.830. The molecular weight excluding hydrogens is 222 g/mol. The van der Waals surface area contributed by atoms with Crippen molar-refractivity contribution in [1.82, 2.24) is 9.80 Å². The van der Waals surface area contributed by atoms with Gasteiger partial charge in [0.15, 0.2) is 0 Å². The van der Waals surface area contributed by atoms with Crippen LogP contribution < -0.4 is 5.73 Å². The van der Waals surface area contributed by atoms with E-state index in [1.807, 2.05) is 0 Å². The van der Waals surface area contributed by atoms with Crippen LogP contribution in [0.4, 0.5) is 0 Å². The number of fused-ring (bicyclic) bond motifs is 2. The lowest BCUT2D eigenvalue weighted by molar-refractivity contribution is -0.00857. The summed E-state index contributed by atoms with van der Waals surface area (Å²) in [5.74, 6) is 0. The van der Waals surface area contributed by atoms with E-state index in [1.54, 1.807) is 0 Å². The Kier molecular flexibility index (Phi) is 3.92. The molecule has 2 N–H and O–H groups in total. The molecule has 3 aliphatic heterocycles. The SMILES string of the molecule is CC(CN1CCCC1)N1C2CCCC1CC(N)C2. The number of likely N-dealkylation sites (tertiary alicyclic amines) is 1. The van der Waals surface area contributed by atoms with Gasteiger partial charge in [0.1, 0.15) is 0 Å². The van der Waals surface area contributed by atoms with Crippen molar-refractivity contribution in [1.29, 1.82) is 0 Å². The minimum Gasteiger partial charge on any atom is -0.328 e. The Bertz CT molecular complexity index is 261. The lowest BCUT2D eigenvalue weighted by Gasteiger charge is -2.51. The fraction of sp³-hybridized carbons (Fsp3) is 1.00. The number of nitrogens with two attached hydrogens (primary N) is 1. The van der Waals surface area contributed by atoms with Crippen molar-refractivity contribution in [2.75, 3.05) is 19.6 Å². The van der Waals surface area contributed by atoms with Gasteiger partial charge in [0.2, 0.25) is 0 Å². The molecule has 3 unspecified atom stereocenters. The first-order chi connectivity index (χ1) is 8.74. The molecule has 0 aromatic heterocycles. The molecule has 3 nitrogen and oxygen atoms in total. The molecule has 104 valence electrons. The van der Waals surface area contributed by atoms with Gasteiger partial charge in [0, 0.05) is 30.7 Å². The molecule has 0 aliphatic carbocycles. The lowest BCUT2D eigenvalue weighted by atomic mass is 9.81. The summed E-state index contributed by atoms with van der Waals surface area (Å²) in [4.78, 5) is 5.50. The van der Waals surface area contributed by atoms with E-state index in [0.29, 0.717) is 6.04 Å². The maximum atomic E-state index is 6.21. The van der Waals surface area contributed by atoms with E-state index in [2.05, 4.69) is 16.7 Å². The zero-order valence-corrected chi connectivity index (χ0v) is 11.9. The van der Waals surface area contributed by atoms with E-state index in [1.165, 1.54) is 64.6 Å². The number of nitrogens with zero attached hydrogens (tertiary/aromatic N) is 2. The van der Waals surface area contributed by atoms with Crippen LogP contribution >= 0.6 is 0 Å². The summed E-state index contributed by atoms with van der Waals surface area (Å²) in [6.45, 7) is 6.38. The summed E-state index contributed by atoms with van der Waals surface area (Å²) in [7, 11) is 0. The highest BCUT2D eigenvalue weighted by atomic mass is 15.3. The predicted molar refractivity (Wildman–Crippen MR) is 75.6 cm³/mol. The van der Waals surface area contributed by atoms with Gasteiger partial charge in [-0.25, -0.2) is 0 Å². The Morgan fingerprint density at radius 2 is 1.67 bits per heavy atom. The predicted octanol–water partition coefficient (Wildman–Crippen LogP) is 1.81. The number of piperidine rings is 2. The van der Waals surface area contributed by atoms with Gasteiger partial charge >= 0.3 is 0 Å². The Balaban J connectivity index is 1.62. The van der Waals surface area contributed by atoms with Crippen molar-refractivity contribution in [2.24, 2.45) is 5.73 Å². The minimum absolute atomic E-state index is 0.468. The highest BCUT2D eigenvalue weighted by Crippen LogP contribution is 2.35. The van der Waals surface area contributed by atoms with Crippen molar-refractivity contribution in [3.05, 3.63) is 0 Å². The van der Waals surface area contributed by atoms with Crippen LogP contribution in [0.25, 0.3) is 0 Å². The van der Waals surface area contributed by atoms with Crippen LogP contribution in [0.15, 0.2) is 0 Å². The molecule has 2 bridgehead atoms. The zero-order valence-electron chi connectivity index (χ0n) is 11.9. The molecule has 3 heterocycles. The summed E-state index contributed by atoms with van der Waals surface area (Å²) >= 11 is 0.